The molecule has 0 amide bonds. The molecule has 0 saturated carbocycles. The van der Waals surface area contributed by atoms with Crippen LogP contribution in [0.4, 0.5) is 14.6 Å². The predicted octanol–water partition coefficient (Wildman–Crippen LogP) is 2.33. The first-order valence-corrected chi connectivity index (χ1v) is 6.03. The first-order valence-electron chi connectivity index (χ1n) is 5.04. The van der Waals surface area contributed by atoms with E-state index in [4.69, 9.17) is 5.84 Å². The molecule has 3 N–H and O–H groups in total. The fourth-order valence-corrected chi connectivity index (χ4v) is 2.04. The number of hydrogen-bond acceptors (Lipinski definition) is 5. The molecular formula is C11H10F2N4S. The average molecular weight is 268 g/mol. The van der Waals surface area contributed by atoms with Crippen molar-refractivity contribution in [2.75, 3.05) is 5.43 Å². The number of aromatic nitrogens is 2. The molecule has 0 aliphatic carbocycles. The number of anilines is 1. The van der Waals surface area contributed by atoms with E-state index in [1.807, 2.05) is 0 Å². The fourth-order valence-electron chi connectivity index (χ4n) is 1.23. The van der Waals surface area contributed by atoms with Crippen LogP contribution in [-0.2, 0) is 5.75 Å². The van der Waals surface area contributed by atoms with Crippen molar-refractivity contribution in [3.63, 3.8) is 0 Å². The molecule has 0 spiro atoms. The largest absolute Gasteiger partial charge is 0.307 e. The lowest BCUT2D eigenvalue weighted by molar-refractivity contribution is 0.506. The molecule has 1 heterocycles. The molecule has 0 aliphatic heterocycles. The summed E-state index contributed by atoms with van der Waals surface area (Å²) in [7, 11) is 0. The highest BCUT2D eigenvalue weighted by Crippen LogP contribution is 2.23. The van der Waals surface area contributed by atoms with Crippen LogP contribution in [0.2, 0.25) is 0 Å². The van der Waals surface area contributed by atoms with Gasteiger partial charge in [-0.25, -0.2) is 19.6 Å². The van der Waals surface area contributed by atoms with E-state index in [9.17, 15) is 8.78 Å². The van der Waals surface area contributed by atoms with Crippen LogP contribution in [0.15, 0.2) is 35.5 Å². The summed E-state index contributed by atoms with van der Waals surface area (Å²) in [5, 5.41) is 0. The van der Waals surface area contributed by atoms with Crippen LogP contribution >= 0.6 is 11.8 Å². The van der Waals surface area contributed by atoms with Crippen molar-refractivity contribution in [3.05, 3.63) is 47.9 Å². The normalized spacial score (nSPS) is 10.4. The summed E-state index contributed by atoms with van der Waals surface area (Å²) in [4.78, 5) is 8.74. The van der Waals surface area contributed by atoms with Crippen molar-refractivity contribution in [1.82, 2.24) is 9.97 Å². The number of halogens is 2. The van der Waals surface area contributed by atoms with Crippen molar-refractivity contribution in [3.8, 4) is 0 Å². The Morgan fingerprint density at radius 1 is 1.17 bits per heavy atom. The van der Waals surface area contributed by atoms with Gasteiger partial charge in [-0.3, -0.25) is 4.98 Å². The van der Waals surface area contributed by atoms with Gasteiger partial charge in [0.2, 0.25) is 0 Å². The molecule has 18 heavy (non-hydrogen) atoms. The Kier molecular flexibility index (Phi) is 4.06. The predicted molar refractivity (Wildman–Crippen MR) is 65.8 cm³/mol. The van der Waals surface area contributed by atoms with Crippen LogP contribution < -0.4 is 11.3 Å². The molecule has 0 saturated heterocycles. The quantitative estimate of drug-likeness (QED) is 0.506. The fraction of sp³-hybridized carbons (Fsp3) is 0.0909. The lowest BCUT2D eigenvalue weighted by Gasteiger charge is -2.03. The highest BCUT2D eigenvalue weighted by Gasteiger charge is 2.04. The maximum atomic E-state index is 13.0. The van der Waals surface area contributed by atoms with Gasteiger partial charge in [0, 0.05) is 10.6 Å². The maximum Gasteiger partial charge on any atom is 0.159 e. The van der Waals surface area contributed by atoms with Crippen LogP contribution in [0.1, 0.15) is 5.69 Å². The van der Waals surface area contributed by atoms with Gasteiger partial charge in [-0.15, -0.1) is 11.8 Å². The van der Waals surface area contributed by atoms with Gasteiger partial charge in [-0.1, -0.05) is 0 Å². The van der Waals surface area contributed by atoms with Crippen LogP contribution in [0.5, 0.6) is 0 Å². The molecule has 0 bridgehead atoms. The first kappa shape index (κ1) is 12.7. The molecule has 0 aliphatic rings. The third-order valence-electron chi connectivity index (χ3n) is 2.13. The lowest BCUT2D eigenvalue weighted by Crippen LogP contribution is -2.08. The molecule has 0 fully saturated rings. The Hall–Kier alpha value is -1.73. The summed E-state index contributed by atoms with van der Waals surface area (Å²) in [5.41, 5.74) is 3.10. The van der Waals surface area contributed by atoms with Crippen molar-refractivity contribution < 1.29 is 8.78 Å². The van der Waals surface area contributed by atoms with E-state index in [2.05, 4.69) is 15.4 Å². The molecule has 1 aromatic carbocycles. The summed E-state index contributed by atoms with van der Waals surface area (Å²) in [6, 6.07) is 3.78. The third kappa shape index (κ3) is 3.14. The molecule has 4 nitrogen and oxygen atoms in total. The standard InChI is InChI=1S/C11H10F2N4S/c12-9-2-1-8(3-10(9)13)18-6-7-4-16-11(17-14)5-15-7/h1-5H,6,14H2,(H,16,17). The molecule has 2 aromatic rings. The molecule has 1 aromatic heterocycles. The molecule has 7 heteroatoms. The van der Waals surface area contributed by atoms with Crippen LogP contribution in [0, 0.1) is 11.6 Å². The van der Waals surface area contributed by atoms with Crippen molar-refractivity contribution in [2.24, 2.45) is 5.84 Å². The van der Waals surface area contributed by atoms with Crippen molar-refractivity contribution in [1.29, 1.82) is 0 Å². The number of rotatable bonds is 4. The Balaban J connectivity index is 1.99. The highest BCUT2D eigenvalue weighted by molar-refractivity contribution is 7.98. The van der Waals surface area contributed by atoms with E-state index in [-0.39, 0.29) is 0 Å². The van der Waals surface area contributed by atoms with Gasteiger partial charge < -0.3 is 5.43 Å². The maximum absolute atomic E-state index is 13.0. The number of thioether (sulfide) groups is 1. The third-order valence-corrected chi connectivity index (χ3v) is 3.16. The minimum absolute atomic E-state index is 0.469. The second-order valence-electron chi connectivity index (χ2n) is 3.40. The molecule has 0 atom stereocenters. The van der Waals surface area contributed by atoms with Gasteiger partial charge in [-0.05, 0) is 18.2 Å². The van der Waals surface area contributed by atoms with Gasteiger partial charge in [0.25, 0.3) is 0 Å². The van der Waals surface area contributed by atoms with Crippen LogP contribution in [-0.4, -0.2) is 9.97 Å². The Morgan fingerprint density at radius 2 is 2.00 bits per heavy atom. The summed E-state index contributed by atoms with van der Waals surface area (Å²) in [6.07, 6.45) is 3.07. The van der Waals surface area contributed by atoms with E-state index in [0.717, 1.165) is 17.8 Å². The van der Waals surface area contributed by atoms with Gasteiger partial charge >= 0.3 is 0 Å². The minimum Gasteiger partial charge on any atom is -0.307 e. The first-order chi connectivity index (χ1) is 8.69. The summed E-state index contributed by atoms with van der Waals surface area (Å²) in [6.45, 7) is 0. The number of benzene rings is 1. The van der Waals surface area contributed by atoms with E-state index in [1.165, 1.54) is 24.0 Å². The summed E-state index contributed by atoms with van der Waals surface area (Å²) in [5.74, 6) is 4.44. The lowest BCUT2D eigenvalue weighted by atomic mass is 10.3. The SMILES string of the molecule is NNc1cnc(CSc2ccc(F)c(F)c2)cn1. The van der Waals surface area contributed by atoms with Gasteiger partial charge in [0.05, 0.1) is 18.1 Å². The van der Waals surface area contributed by atoms with E-state index in [1.54, 1.807) is 6.20 Å². The number of nitrogen functional groups attached to an aromatic ring is 1. The van der Waals surface area contributed by atoms with E-state index < -0.39 is 11.6 Å². The number of hydrogen-bond donors (Lipinski definition) is 2. The average Bonchev–Trinajstić information content (AvgIpc) is 2.41. The number of nitrogens with two attached hydrogens (primary N) is 1. The van der Waals surface area contributed by atoms with Gasteiger partial charge in [0.15, 0.2) is 17.5 Å². The number of nitrogens with zero attached hydrogens (tertiary/aromatic N) is 2. The number of hydrazine groups is 1. The zero-order chi connectivity index (χ0) is 13.0. The molecule has 94 valence electrons. The van der Waals surface area contributed by atoms with Crippen LogP contribution in [0.25, 0.3) is 0 Å². The minimum atomic E-state index is -0.853. The Bertz CT molecular complexity index is 533. The smallest absolute Gasteiger partial charge is 0.159 e. The zero-order valence-electron chi connectivity index (χ0n) is 9.23. The monoisotopic (exact) mass is 268 g/mol. The zero-order valence-corrected chi connectivity index (χ0v) is 10.0. The summed E-state index contributed by atoms with van der Waals surface area (Å²) < 4.78 is 25.7. The van der Waals surface area contributed by atoms with E-state index >= 15 is 0 Å². The van der Waals surface area contributed by atoms with E-state index in [0.29, 0.717) is 16.5 Å². The molecule has 0 unspecified atom stereocenters. The molecular weight excluding hydrogens is 258 g/mol. The highest BCUT2D eigenvalue weighted by atomic mass is 32.2. The van der Waals surface area contributed by atoms with Gasteiger partial charge in [0.1, 0.15) is 0 Å². The summed E-state index contributed by atoms with van der Waals surface area (Å²) >= 11 is 1.35. The molecule has 0 radical (unpaired) electrons. The topological polar surface area (TPSA) is 63.8 Å². The Labute approximate surface area is 107 Å². The van der Waals surface area contributed by atoms with Crippen molar-refractivity contribution in [2.45, 2.75) is 10.6 Å². The second kappa shape index (κ2) is 5.74. The van der Waals surface area contributed by atoms with Gasteiger partial charge in [-0.2, -0.15) is 0 Å². The van der Waals surface area contributed by atoms with Crippen LogP contribution in [0.3, 0.4) is 0 Å². The second-order valence-corrected chi connectivity index (χ2v) is 4.45. The Morgan fingerprint density at radius 3 is 2.61 bits per heavy atom. The molecule has 2 rings (SSSR count). The number of nitrogens with one attached hydrogen (secondary N) is 1. The van der Waals surface area contributed by atoms with Crippen molar-refractivity contribution >= 4 is 17.6 Å².